The quantitative estimate of drug-likeness (QED) is 0.836. The van der Waals surface area contributed by atoms with Crippen molar-refractivity contribution in [1.29, 1.82) is 0 Å². The van der Waals surface area contributed by atoms with E-state index < -0.39 is 0 Å². The van der Waals surface area contributed by atoms with E-state index in [-0.39, 0.29) is 5.56 Å². The van der Waals surface area contributed by atoms with Crippen LogP contribution in [0.5, 0.6) is 0 Å². The predicted molar refractivity (Wildman–Crippen MR) is 75.4 cm³/mol. The van der Waals surface area contributed by atoms with Crippen molar-refractivity contribution in [2.24, 2.45) is 0 Å². The summed E-state index contributed by atoms with van der Waals surface area (Å²) in [6.07, 6.45) is 1.74. The van der Waals surface area contributed by atoms with Crippen LogP contribution in [0.3, 0.4) is 0 Å². The first kappa shape index (κ1) is 11.9. The molecule has 0 bridgehead atoms. The van der Waals surface area contributed by atoms with E-state index in [1.54, 1.807) is 12.3 Å². The second-order valence-corrected chi connectivity index (χ2v) is 4.57. The van der Waals surface area contributed by atoms with Crippen LogP contribution in [0, 0.1) is 0 Å². The number of piperazine rings is 1. The number of hydrogen-bond donors (Lipinski definition) is 2. The van der Waals surface area contributed by atoms with Crippen molar-refractivity contribution in [1.82, 2.24) is 15.3 Å². The van der Waals surface area contributed by atoms with Gasteiger partial charge in [-0.3, -0.25) is 9.78 Å². The molecule has 19 heavy (non-hydrogen) atoms. The van der Waals surface area contributed by atoms with E-state index in [1.807, 2.05) is 24.3 Å². The standard InChI is InChI=1S/C14H16N4O/c19-14-10-11(12-3-1-2-4-16-12)9-13(17-14)18-7-5-15-6-8-18/h1-4,9-10,15H,5-8H2,(H,17,19). The van der Waals surface area contributed by atoms with E-state index in [0.717, 1.165) is 43.3 Å². The van der Waals surface area contributed by atoms with Gasteiger partial charge in [0.2, 0.25) is 5.56 Å². The Labute approximate surface area is 111 Å². The lowest BCUT2D eigenvalue weighted by Gasteiger charge is -2.29. The first-order chi connectivity index (χ1) is 9.33. The second kappa shape index (κ2) is 5.24. The van der Waals surface area contributed by atoms with Gasteiger partial charge in [0.15, 0.2) is 0 Å². The zero-order chi connectivity index (χ0) is 13.1. The molecular formula is C14H16N4O. The highest BCUT2D eigenvalue weighted by atomic mass is 16.1. The average molecular weight is 256 g/mol. The van der Waals surface area contributed by atoms with Crippen molar-refractivity contribution in [3.63, 3.8) is 0 Å². The molecule has 0 radical (unpaired) electrons. The lowest BCUT2D eigenvalue weighted by atomic mass is 10.1. The summed E-state index contributed by atoms with van der Waals surface area (Å²) in [5.41, 5.74) is 1.60. The highest BCUT2D eigenvalue weighted by Gasteiger charge is 2.12. The van der Waals surface area contributed by atoms with Crippen LogP contribution in [0.25, 0.3) is 11.3 Å². The van der Waals surface area contributed by atoms with Crippen molar-refractivity contribution in [3.8, 4) is 11.3 Å². The Morgan fingerprint density at radius 3 is 2.74 bits per heavy atom. The Morgan fingerprint density at radius 2 is 2.00 bits per heavy atom. The Kier molecular flexibility index (Phi) is 3.29. The second-order valence-electron chi connectivity index (χ2n) is 4.57. The molecule has 1 aliphatic heterocycles. The highest BCUT2D eigenvalue weighted by molar-refractivity contribution is 5.63. The first-order valence-corrected chi connectivity index (χ1v) is 6.44. The maximum atomic E-state index is 11.8. The molecule has 2 aromatic rings. The Morgan fingerprint density at radius 1 is 1.16 bits per heavy atom. The molecule has 2 aromatic heterocycles. The SMILES string of the molecule is O=c1cc(-c2ccccn2)cc(N2CCNCC2)[nH]1. The number of aromatic amines is 1. The van der Waals surface area contributed by atoms with Crippen LogP contribution in [0.4, 0.5) is 5.82 Å². The summed E-state index contributed by atoms with van der Waals surface area (Å²) in [7, 11) is 0. The van der Waals surface area contributed by atoms with Gasteiger partial charge >= 0.3 is 0 Å². The molecule has 0 saturated carbocycles. The monoisotopic (exact) mass is 256 g/mol. The van der Waals surface area contributed by atoms with Crippen molar-refractivity contribution in [2.75, 3.05) is 31.1 Å². The van der Waals surface area contributed by atoms with Crippen molar-refractivity contribution >= 4 is 5.82 Å². The fourth-order valence-corrected chi connectivity index (χ4v) is 2.29. The Hall–Kier alpha value is -2.14. The van der Waals surface area contributed by atoms with Crippen molar-refractivity contribution < 1.29 is 0 Å². The molecule has 1 saturated heterocycles. The number of rotatable bonds is 2. The number of anilines is 1. The molecule has 0 spiro atoms. The highest BCUT2D eigenvalue weighted by Crippen LogP contribution is 2.19. The lowest BCUT2D eigenvalue weighted by Crippen LogP contribution is -2.44. The third-order valence-electron chi connectivity index (χ3n) is 3.25. The van der Waals surface area contributed by atoms with Crippen LogP contribution in [0.2, 0.25) is 0 Å². The lowest BCUT2D eigenvalue weighted by molar-refractivity contribution is 0.584. The zero-order valence-corrected chi connectivity index (χ0v) is 10.6. The summed E-state index contributed by atoms with van der Waals surface area (Å²) in [4.78, 5) is 21.2. The summed E-state index contributed by atoms with van der Waals surface area (Å²) >= 11 is 0. The third-order valence-corrected chi connectivity index (χ3v) is 3.25. The fraction of sp³-hybridized carbons (Fsp3) is 0.286. The van der Waals surface area contributed by atoms with Gasteiger partial charge in [0.25, 0.3) is 0 Å². The molecule has 0 atom stereocenters. The molecular weight excluding hydrogens is 240 g/mol. The van der Waals surface area contributed by atoms with E-state index in [9.17, 15) is 4.79 Å². The number of nitrogens with one attached hydrogen (secondary N) is 2. The number of hydrogen-bond acceptors (Lipinski definition) is 4. The Bertz CT molecular complexity index is 602. The number of pyridine rings is 2. The van der Waals surface area contributed by atoms with E-state index >= 15 is 0 Å². The summed E-state index contributed by atoms with van der Waals surface area (Å²) in [6.45, 7) is 3.69. The summed E-state index contributed by atoms with van der Waals surface area (Å²) < 4.78 is 0. The van der Waals surface area contributed by atoms with Gasteiger partial charge < -0.3 is 15.2 Å². The number of aromatic nitrogens is 2. The molecule has 1 aliphatic rings. The molecule has 5 nitrogen and oxygen atoms in total. The predicted octanol–water partition coefficient (Wildman–Crippen LogP) is 0.846. The molecule has 3 heterocycles. The molecule has 98 valence electrons. The minimum absolute atomic E-state index is 0.0864. The van der Waals surface area contributed by atoms with E-state index in [0.29, 0.717) is 0 Å². The van der Waals surface area contributed by atoms with Gasteiger partial charge in [-0.2, -0.15) is 0 Å². The average Bonchev–Trinajstić information content (AvgIpc) is 2.48. The van der Waals surface area contributed by atoms with Gasteiger partial charge in [-0.1, -0.05) is 6.07 Å². The van der Waals surface area contributed by atoms with Crippen LogP contribution in [0.1, 0.15) is 0 Å². The molecule has 1 fully saturated rings. The maximum Gasteiger partial charge on any atom is 0.250 e. The zero-order valence-electron chi connectivity index (χ0n) is 10.6. The van der Waals surface area contributed by atoms with Crippen molar-refractivity contribution in [2.45, 2.75) is 0 Å². The van der Waals surface area contributed by atoms with Gasteiger partial charge in [-0.25, -0.2) is 0 Å². The van der Waals surface area contributed by atoms with Gasteiger partial charge in [0, 0.05) is 44.0 Å². The number of H-pyrrole nitrogens is 1. The molecule has 2 N–H and O–H groups in total. The molecule has 0 unspecified atom stereocenters. The van der Waals surface area contributed by atoms with E-state index in [1.165, 1.54) is 0 Å². The molecule has 0 amide bonds. The minimum atomic E-state index is -0.0864. The first-order valence-electron chi connectivity index (χ1n) is 6.44. The fourth-order valence-electron chi connectivity index (χ4n) is 2.29. The van der Waals surface area contributed by atoms with Crippen LogP contribution in [-0.4, -0.2) is 36.1 Å². The van der Waals surface area contributed by atoms with E-state index in [4.69, 9.17) is 0 Å². The number of nitrogens with zero attached hydrogens (tertiary/aromatic N) is 2. The van der Waals surface area contributed by atoms with Gasteiger partial charge in [0.1, 0.15) is 5.82 Å². The van der Waals surface area contributed by atoms with Crippen LogP contribution in [0.15, 0.2) is 41.3 Å². The van der Waals surface area contributed by atoms with Crippen molar-refractivity contribution in [3.05, 3.63) is 46.9 Å². The Balaban J connectivity index is 1.98. The van der Waals surface area contributed by atoms with E-state index in [2.05, 4.69) is 20.2 Å². The van der Waals surface area contributed by atoms with Gasteiger partial charge in [0.05, 0.1) is 5.69 Å². The molecule has 3 rings (SSSR count). The molecule has 0 aromatic carbocycles. The van der Waals surface area contributed by atoms with Gasteiger partial charge in [-0.05, 0) is 18.2 Å². The normalized spacial score (nSPS) is 15.5. The summed E-state index contributed by atoms with van der Waals surface area (Å²) in [5, 5.41) is 3.30. The molecule has 0 aliphatic carbocycles. The minimum Gasteiger partial charge on any atom is -0.356 e. The smallest absolute Gasteiger partial charge is 0.250 e. The maximum absolute atomic E-state index is 11.8. The van der Waals surface area contributed by atoms with Gasteiger partial charge in [-0.15, -0.1) is 0 Å². The largest absolute Gasteiger partial charge is 0.356 e. The topological polar surface area (TPSA) is 61.0 Å². The summed E-state index contributed by atoms with van der Waals surface area (Å²) in [5.74, 6) is 0.870. The van der Waals surface area contributed by atoms with Crippen LogP contribution in [-0.2, 0) is 0 Å². The van der Waals surface area contributed by atoms with Crippen LogP contribution < -0.4 is 15.8 Å². The third kappa shape index (κ3) is 2.66. The molecule has 5 heteroatoms. The summed E-state index contributed by atoms with van der Waals surface area (Å²) in [6, 6.07) is 9.29. The van der Waals surface area contributed by atoms with Crippen LogP contribution >= 0.6 is 0 Å².